The lowest BCUT2D eigenvalue weighted by molar-refractivity contribution is 1.62. The Balaban J connectivity index is 1.39. The highest BCUT2D eigenvalue weighted by molar-refractivity contribution is 6.28. The van der Waals surface area contributed by atoms with E-state index in [1.165, 1.54) is 0 Å². The van der Waals surface area contributed by atoms with Gasteiger partial charge in [-0.25, -0.2) is 0 Å². The fourth-order valence-electron chi connectivity index (χ4n) is 7.38. The Hall–Kier alpha value is -6.24. The smallest absolute Gasteiger partial charge is 0.0616 e. The van der Waals surface area contributed by atoms with Crippen LogP contribution in [0.25, 0.3) is 98.4 Å². The van der Waals surface area contributed by atoms with Gasteiger partial charge in [0.25, 0.3) is 0 Å². The first-order valence-corrected chi connectivity index (χ1v) is 16.0. The van der Waals surface area contributed by atoms with E-state index >= 15 is 0 Å². The topological polar surface area (TPSA) is 0 Å². The molecule has 0 heteroatoms. The van der Waals surface area contributed by atoms with E-state index in [2.05, 4.69) is 0 Å². The monoisotopic (exact) mass is 614 g/mol. The Morgan fingerprint density at radius 3 is 1.02 bits per heavy atom. The van der Waals surface area contributed by atoms with Gasteiger partial charge in [-0.1, -0.05) is 182 Å². The van der Waals surface area contributed by atoms with E-state index in [9.17, 15) is 11.0 Å². The molecule has 10 aromatic rings. The molecule has 0 saturated heterocycles. The zero-order chi connectivity index (χ0) is 38.6. The second-order valence-electron chi connectivity index (χ2n) is 12.1. The van der Waals surface area contributed by atoms with Crippen LogP contribution in [0.5, 0.6) is 0 Å². The molecule has 0 saturated carbocycles. The fraction of sp³-hybridized carbons (Fsp3) is 0. The van der Waals surface area contributed by atoms with Gasteiger partial charge in [0.05, 0.1) is 11.0 Å². The molecule has 48 heavy (non-hydrogen) atoms. The summed E-state index contributed by atoms with van der Waals surface area (Å²) >= 11 is 0. The van der Waals surface area contributed by atoms with Crippen molar-refractivity contribution in [3.8, 4) is 44.5 Å². The molecule has 0 radical (unpaired) electrons. The minimum Gasteiger partial charge on any atom is -0.0616 e. The normalized spacial score (nSPS) is 14.1. The molecule has 10 rings (SSSR count). The van der Waals surface area contributed by atoms with E-state index in [0.29, 0.717) is 11.1 Å². The molecule has 0 atom stereocenters. The highest BCUT2D eigenvalue weighted by atomic mass is 14.2. The SMILES string of the molecule is [2H]c1c([2H])c2c([2H])c([2H])c3c(-c4ccccc4-c4cccc5ccccc45)c([2H])c([2H])c4c([2H])c([2H])c(c1-c1ccccc1-c1cccc5ccccc15)c2c43. The predicted octanol–water partition coefficient (Wildman–Crippen LogP) is 13.6. The maximum absolute atomic E-state index is 9.55. The van der Waals surface area contributed by atoms with E-state index < -0.39 is 0 Å². The number of fused-ring (bicyclic) bond motifs is 2. The summed E-state index contributed by atoms with van der Waals surface area (Å²) in [6.45, 7) is 0. The summed E-state index contributed by atoms with van der Waals surface area (Å²) in [5.74, 6) is 0. The quantitative estimate of drug-likeness (QED) is 0.173. The Morgan fingerprint density at radius 2 is 0.562 bits per heavy atom. The van der Waals surface area contributed by atoms with Gasteiger partial charge in [-0.2, -0.15) is 0 Å². The minimum absolute atomic E-state index is 0.0258. The Labute approximate surface area is 290 Å². The molecule has 0 heterocycles. The lowest BCUT2D eigenvalue weighted by Crippen LogP contribution is -1.92. The van der Waals surface area contributed by atoms with Crippen LogP contribution >= 0.6 is 0 Å². The van der Waals surface area contributed by atoms with E-state index in [1.54, 1.807) is 0 Å². The van der Waals surface area contributed by atoms with Crippen LogP contribution in [-0.4, -0.2) is 0 Å². The van der Waals surface area contributed by atoms with Crippen LogP contribution in [0.4, 0.5) is 0 Å². The average molecular weight is 615 g/mol. The van der Waals surface area contributed by atoms with Gasteiger partial charge in [0.1, 0.15) is 0 Å². The summed E-state index contributed by atoms with van der Waals surface area (Å²) in [6.07, 6.45) is 0. The zero-order valence-electron chi connectivity index (χ0n) is 33.7. The molecule has 0 nitrogen and oxygen atoms in total. The van der Waals surface area contributed by atoms with E-state index in [0.717, 1.165) is 43.8 Å². The Bertz CT molecular complexity index is 3060. The molecule has 0 aliphatic carbocycles. The van der Waals surface area contributed by atoms with E-state index in [4.69, 9.17) is 0 Å². The molecular formula is C48H30. The van der Waals surface area contributed by atoms with Crippen LogP contribution in [0.3, 0.4) is 0 Å². The van der Waals surface area contributed by atoms with Crippen LogP contribution in [0.1, 0.15) is 11.0 Å². The zero-order valence-corrected chi connectivity index (χ0v) is 25.7. The van der Waals surface area contributed by atoms with E-state index in [-0.39, 0.29) is 91.8 Å². The highest BCUT2D eigenvalue weighted by Gasteiger charge is 2.19. The molecule has 0 bridgehead atoms. The lowest BCUT2D eigenvalue weighted by Gasteiger charge is -2.19. The van der Waals surface area contributed by atoms with Crippen molar-refractivity contribution in [2.45, 2.75) is 0 Å². The summed E-state index contributed by atoms with van der Waals surface area (Å²) in [5, 5.41) is 5.12. The first-order valence-electron chi connectivity index (χ1n) is 20.0. The predicted molar refractivity (Wildman–Crippen MR) is 207 cm³/mol. The lowest BCUT2D eigenvalue weighted by atomic mass is 9.84. The van der Waals surface area contributed by atoms with Gasteiger partial charge >= 0.3 is 0 Å². The summed E-state index contributed by atoms with van der Waals surface area (Å²) in [5.41, 5.74) is 5.13. The first kappa shape index (κ1) is 20.1. The Kier molecular flexibility index (Phi) is 4.46. The molecular weight excluding hydrogens is 577 g/mol. The van der Waals surface area contributed by atoms with Gasteiger partial charge in [0, 0.05) is 0 Å². The summed E-state index contributed by atoms with van der Waals surface area (Å²) in [6, 6.07) is 41.2. The van der Waals surface area contributed by atoms with Gasteiger partial charge in [-0.15, -0.1) is 0 Å². The van der Waals surface area contributed by atoms with Gasteiger partial charge in [-0.05, 0) is 98.4 Å². The van der Waals surface area contributed by atoms with Crippen molar-refractivity contribution in [1.29, 1.82) is 0 Å². The maximum Gasteiger partial charge on any atom is 0.0630 e. The number of hydrogen-bond acceptors (Lipinski definition) is 0. The van der Waals surface area contributed by atoms with Gasteiger partial charge in [0.2, 0.25) is 0 Å². The van der Waals surface area contributed by atoms with Crippen LogP contribution in [0, 0.1) is 0 Å². The fourth-order valence-corrected chi connectivity index (χ4v) is 7.38. The average Bonchev–Trinajstić information content (AvgIpc) is 3.23. The van der Waals surface area contributed by atoms with Crippen LogP contribution in [0.15, 0.2) is 182 Å². The third kappa shape index (κ3) is 4.03. The largest absolute Gasteiger partial charge is 0.0630 e. The van der Waals surface area contributed by atoms with Crippen molar-refractivity contribution in [3.63, 3.8) is 0 Å². The number of hydrogen-bond donors (Lipinski definition) is 0. The van der Waals surface area contributed by atoms with Crippen molar-refractivity contribution in [1.82, 2.24) is 0 Å². The molecule has 0 unspecified atom stereocenters. The third-order valence-electron chi connectivity index (χ3n) is 9.55. The molecule has 0 spiro atoms. The van der Waals surface area contributed by atoms with Crippen molar-refractivity contribution >= 4 is 53.9 Å². The highest BCUT2D eigenvalue weighted by Crippen LogP contribution is 2.46. The molecule has 222 valence electrons. The number of benzene rings is 10. The standard InChI is InChI=1S/C48H30/c1-3-15-35-31(11-1)13-9-21-37(35)39-17-5-7-19-41(39)43-27-23-33-26-30-46-44(28-24-34-25-29-45(43)47(33)48(34)46)42-20-8-6-18-40(42)38-22-10-14-32-12-2-4-16-36(32)38/h1-30H/i23D,24D,25D,26D,27D,28D,29D,30D. The molecule has 0 aliphatic rings. The van der Waals surface area contributed by atoms with Crippen LogP contribution in [-0.2, 0) is 0 Å². The van der Waals surface area contributed by atoms with Gasteiger partial charge in [0.15, 0.2) is 0 Å². The summed E-state index contributed by atoms with van der Waals surface area (Å²) in [7, 11) is 0. The van der Waals surface area contributed by atoms with Crippen molar-refractivity contribution in [2.75, 3.05) is 0 Å². The summed E-state index contributed by atoms with van der Waals surface area (Å²) < 4.78 is 75.9. The third-order valence-corrected chi connectivity index (χ3v) is 9.55. The van der Waals surface area contributed by atoms with Crippen LogP contribution in [0.2, 0.25) is 0 Å². The number of rotatable bonds is 4. The molecule has 0 fully saturated rings. The van der Waals surface area contributed by atoms with Gasteiger partial charge < -0.3 is 0 Å². The van der Waals surface area contributed by atoms with E-state index in [1.807, 2.05) is 133 Å². The Morgan fingerprint density at radius 1 is 0.229 bits per heavy atom. The minimum atomic E-state index is -0.297. The van der Waals surface area contributed by atoms with Crippen LogP contribution < -0.4 is 0 Å². The summed E-state index contributed by atoms with van der Waals surface area (Å²) in [4.78, 5) is 0. The molecule has 0 aliphatic heterocycles. The van der Waals surface area contributed by atoms with Gasteiger partial charge in [-0.3, -0.25) is 0 Å². The maximum atomic E-state index is 9.55. The molecule has 0 aromatic heterocycles. The molecule has 0 amide bonds. The van der Waals surface area contributed by atoms with Crippen molar-refractivity contribution < 1.29 is 11.0 Å². The second-order valence-corrected chi connectivity index (χ2v) is 12.1. The molecule has 10 aromatic carbocycles. The van der Waals surface area contributed by atoms with Crippen molar-refractivity contribution in [3.05, 3.63) is 182 Å². The molecule has 0 N–H and O–H groups in total. The first-order chi connectivity index (χ1) is 27.2. The van der Waals surface area contributed by atoms with Crippen molar-refractivity contribution in [2.24, 2.45) is 0 Å². The second kappa shape index (κ2) is 10.7.